The molecule has 5 heteroatoms. The second kappa shape index (κ2) is 5.93. The van der Waals surface area contributed by atoms with Gasteiger partial charge in [0.15, 0.2) is 0 Å². The molecule has 0 aromatic heterocycles. The summed E-state index contributed by atoms with van der Waals surface area (Å²) < 4.78 is 0. The normalized spacial score (nSPS) is 23.2. The number of aliphatic hydroxyl groups is 1. The average molecular weight is 250 g/mol. The van der Waals surface area contributed by atoms with Crippen molar-refractivity contribution in [3.63, 3.8) is 0 Å². The molecule has 1 fully saturated rings. The molecule has 1 saturated carbocycles. The van der Waals surface area contributed by atoms with E-state index in [0.717, 1.165) is 19.3 Å². The topological polar surface area (TPSA) is 75.4 Å². The van der Waals surface area contributed by atoms with Crippen molar-refractivity contribution in [2.75, 3.05) is 6.61 Å². The summed E-state index contributed by atoms with van der Waals surface area (Å²) in [5.74, 6) is 0.285. The van der Waals surface area contributed by atoms with Gasteiger partial charge in [0.25, 0.3) is 5.69 Å². The first-order chi connectivity index (χ1) is 8.72. The summed E-state index contributed by atoms with van der Waals surface area (Å²) in [5.41, 5.74) is 0.856. The molecular weight excluding hydrogens is 232 g/mol. The first kappa shape index (κ1) is 13.0. The molecule has 5 nitrogen and oxygen atoms in total. The number of rotatable bonds is 5. The molecule has 0 bridgehead atoms. The standard InChI is InChI=1S/C13H18N2O3/c16-9-11-5-3-6-12(11)14-8-10-4-1-2-7-13(10)15(17)18/h1-2,4,7,11-12,14,16H,3,5-6,8-9H2. The van der Waals surface area contributed by atoms with Gasteiger partial charge in [-0.25, -0.2) is 0 Å². The zero-order chi connectivity index (χ0) is 13.0. The fraction of sp³-hybridized carbons (Fsp3) is 0.538. The van der Waals surface area contributed by atoms with Crippen LogP contribution in [0.25, 0.3) is 0 Å². The van der Waals surface area contributed by atoms with Gasteiger partial charge < -0.3 is 10.4 Å². The van der Waals surface area contributed by atoms with E-state index in [-0.39, 0.29) is 29.2 Å². The molecule has 1 aromatic carbocycles. The SMILES string of the molecule is O=[N+]([O-])c1ccccc1CNC1CCCC1CO. The molecule has 2 unspecified atom stereocenters. The van der Waals surface area contributed by atoms with E-state index >= 15 is 0 Å². The number of para-hydroxylation sites is 1. The van der Waals surface area contributed by atoms with Crippen molar-refractivity contribution >= 4 is 5.69 Å². The van der Waals surface area contributed by atoms with Crippen LogP contribution in [-0.2, 0) is 6.54 Å². The molecule has 2 N–H and O–H groups in total. The van der Waals surface area contributed by atoms with Gasteiger partial charge in [-0.2, -0.15) is 0 Å². The van der Waals surface area contributed by atoms with Crippen molar-refractivity contribution in [2.45, 2.75) is 31.8 Å². The Morgan fingerprint density at radius 3 is 2.89 bits per heavy atom. The first-order valence-corrected chi connectivity index (χ1v) is 6.29. The second-order valence-electron chi connectivity index (χ2n) is 4.75. The molecular formula is C13H18N2O3. The highest BCUT2D eigenvalue weighted by molar-refractivity contribution is 5.39. The number of aliphatic hydroxyl groups excluding tert-OH is 1. The number of nitro benzene ring substituents is 1. The Balaban J connectivity index is 2.00. The fourth-order valence-corrected chi connectivity index (χ4v) is 2.60. The van der Waals surface area contributed by atoms with Gasteiger partial charge in [0, 0.05) is 30.8 Å². The van der Waals surface area contributed by atoms with E-state index in [1.165, 1.54) is 6.07 Å². The lowest BCUT2D eigenvalue weighted by molar-refractivity contribution is -0.385. The van der Waals surface area contributed by atoms with Crippen LogP contribution in [0.1, 0.15) is 24.8 Å². The second-order valence-corrected chi connectivity index (χ2v) is 4.75. The molecule has 0 radical (unpaired) electrons. The van der Waals surface area contributed by atoms with Crippen molar-refractivity contribution in [1.82, 2.24) is 5.32 Å². The van der Waals surface area contributed by atoms with Gasteiger partial charge in [-0.15, -0.1) is 0 Å². The molecule has 98 valence electrons. The fourth-order valence-electron chi connectivity index (χ4n) is 2.60. The van der Waals surface area contributed by atoms with Crippen molar-refractivity contribution in [3.8, 4) is 0 Å². The van der Waals surface area contributed by atoms with Crippen molar-refractivity contribution in [2.24, 2.45) is 5.92 Å². The van der Waals surface area contributed by atoms with Gasteiger partial charge in [-0.3, -0.25) is 10.1 Å². The van der Waals surface area contributed by atoms with Crippen LogP contribution in [0.4, 0.5) is 5.69 Å². The lowest BCUT2D eigenvalue weighted by Gasteiger charge is -2.18. The molecule has 0 amide bonds. The lowest BCUT2D eigenvalue weighted by atomic mass is 10.0. The van der Waals surface area contributed by atoms with Crippen LogP contribution in [0.3, 0.4) is 0 Å². The predicted molar refractivity (Wildman–Crippen MR) is 68.2 cm³/mol. The number of hydrogen-bond acceptors (Lipinski definition) is 4. The summed E-state index contributed by atoms with van der Waals surface area (Å²) in [6.07, 6.45) is 3.18. The molecule has 2 atom stereocenters. The van der Waals surface area contributed by atoms with E-state index in [1.54, 1.807) is 12.1 Å². The molecule has 0 spiro atoms. The van der Waals surface area contributed by atoms with Gasteiger partial charge in [0.2, 0.25) is 0 Å². The van der Waals surface area contributed by atoms with Crippen LogP contribution in [-0.4, -0.2) is 22.7 Å². The molecule has 0 saturated heterocycles. The maximum atomic E-state index is 10.9. The van der Waals surface area contributed by atoms with E-state index in [9.17, 15) is 15.2 Å². The third-order valence-electron chi connectivity index (χ3n) is 3.64. The van der Waals surface area contributed by atoms with Gasteiger partial charge in [0.1, 0.15) is 0 Å². The molecule has 1 aromatic rings. The first-order valence-electron chi connectivity index (χ1n) is 6.29. The van der Waals surface area contributed by atoms with Gasteiger partial charge in [0.05, 0.1) is 4.92 Å². The number of nitrogens with one attached hydrogen (secondary N) is 1. The van der Waals surface area contributed by atoms with E-state index in [2.05, 4.69) is 5.32 Å². The average Bonchev–Trinajstić information content (AvgIpc) is 2.84. The third kappa shape index (κ3) is 2.86. The Bertz CT molecular complexity index is 422. The zero-order valence-electron chi connectivity index (χ0n) is 10.2. The van der Waals surface area contributed by atoms with Crippen molar-refractivity contribution in [1.29, 1.82) is 0 Å². The Morgan fingerprint density at radius 2 is 2.17 bits per heavy atom. The minimum Gasteiger partial charge on any atom is -0.396 e. The monoisotopic (exact) mass is 250 g/mol. The molecule has 2 rings (SSSR count). The van der Waals surface area contributed by atoms with E-state index < -0.39 is 0 Å². The number of hydrogen-bond donors (Lipinski definition) is 2. The van der Waals surface area contributed by atoms with E-state index in [4.69, 9.17) is 0 Å². The van der Waals surface area contributed by atoms with E-state index in [1.807, 2.05) is 6.07 Å². The van der Waals surface area contributed by atoms with Gasteiger partial charge in [-0.1, -0.05) is 24.6 Å². The Labute approximate surface area is 106 Å². The quantitative estimate of drug-likeness (QED) is 0.617. The molecule has 18 heavy (non-hydrogen) atoms. The lowest BCUT2D eigenvalue weighted by Crippen LogP contribution is -2.33. The summed E-state index contributed by atoms with van der Waals surface area (Å²) in [5, 5.41) is 23.4. The summed E-state index contributed by atoms with van der Waals surface area (Å²) >= 11 is 0. The maximum Gasteiger partial charge on any atom is 0.273 e. The minimum atomic E-state index is -0.352. The number of nitro groups is 1. The highest BCUT2D eigenvalue weighted by Crippen LogP contribution is 2.26. The van der Waals surface area contributed by atoms with Crippen LogP contribution in [0.2, 0.25) is 0 Å². The minimum absolute atomic E-state index is 0.156. The summed E-state index contributed by atoms with van der Waals surface area (Å²) in [7, 11) is 0. The Hall–Kier alpha value is -1.46. The van der Waals surface area contributed by atoms with Crippen LogP contribution >= 0.6 is 0 Å². The molecule has 0 aliphatic heterocycles. The largest absolute Gasteiger partial charge is 0.396 e. The summed E-state index contributed by atoms with van der Waals surface area (Å²) in [6.45, 7) is 0.673. The highest BCUT2D eigenvalue weighted by atomic mass is 16.6. The molecule has 0 heterocycles. The van der Waals surface area contributed by atoms with Crippen LogP contribution < -0.4 is 5.32 Å². The third-order valence-corrected chi connectivity index (χ3v) is 3.64. The Morgan fingerprint density at radius 1 is 1.39 bits per heavy atom. The van der Waals surface area contributed by atoms with Crippen LogP contribution in [0.5, 0.6) is 0 Å². The van der Waals surface area contributed by atoms with Crippen molar-refractivity contribution < 1.29 is 10.0 Å². The number of nitrogens with zero attached hydrogens (tertiary/aromatic N) is 1. The van der Waals surface area contributed by atoms with Crippen LogP contribution in [0.15, 0.2) is 24.3 Å². The van der Waals surface area contributed by atoms with Crippen LogP contribution in [0, 0.1) is 16.0 Å². The highest BCUT2D eigenvalue weighted by Gasteiger charge is 2.26. The molecule has 1 aliphatic carbocycles. The summed E-state index contributed by atoms with van der Waals surface area (Å²) in [4.78, 5) is 10.5. The smallest absolute Gasteiger partial charge is 0.273 e. The maximum absolute atomic E-state index is 10.9. The molecule has 1 aliphatic rings. The summed E-state index contributed by atoms with van der Waals surface area (Å²) in [6, 6.07) is 7.05. The zero-order valence-corrected chi connectivity index (χ0v) is 10.2. The van der Waals surface area contributed by atoms with Gasteiger partial charge >= 0.3 is 0 Å². The van der Waals surface area contributed by atoms with Gasteiger partial charge in [-0.05, 0) is 18.8 Å². The Kier molecular flexibility index (Phi) is 4.28. The number of benzene rings is 1. The van der Waals surface area contributed by atoms with Crippen molar-refractivity contribution in [3.05, 3.63) is 39.9 Å². The predicted octanol–water partition coefficient (Wildman–Crippen LogP) is 1.85. The van der Waals surface area contributed by atoms with E-state index in [0.29, 0.717) is 12.1 Å².